The van der Waals surface area contributed by atoms with Gasteiger partial charge in [0.1, 0.15) is 12.6 Å². The lowest BCUT2D eigenvalue weighted by molar-refractivity contribution is -0.139. The van der Waals surface area contributed by atoms with Crippen LogP contribution in [0.25, 0.3) is 0 Å². The first-order chi connectivity index (χ1) is 19.5. The van der Waals surface area contributed by atoms with Crippen LogP contribution in [0.2, 0.25) is 10.0 Å². The van der Waals surface area contributed by atoms with E-state index in [-0.39, 0.29) is 23.4 Å². The molecule has 7 nitrogen and oxygen atoms in total. The molecule has 4 rings (SSSR count). The summed E-state index contributed by atoms with van der Waals surface area (Å²) in [6, 6.07) is 17.5. The molecule has 1 fully saturated rings. The Labute approximate surface area is 252 Å². The predicted molar refractivity (Wildman–Crippen MR) is 164 cm³/mol. The zero-order valence-electron chi connectivity index (χ0n) is 23.4. The molecule has 1 atom stereocenters. The fraction of sp³-hybridized carbons (Fsp3) is 0.355. The molecule has 1 aliphatic carbocycles. The third-order valence-corrected chi connectivity index (χ3v) is 9.97. The first-order valence-electron chi connectivity index (χ1n) is 13.7. The molecule has 1 N–H and O–H groups in total. The number of rotatable bonds is 10. The number of hydrogen-bond acceptors (Lipinski definition) is 4. The number of sulfonamides is 1. The molecular formula is C31H35Cl2N3O4S. The highest BCUT2D eigenvalue weighted by atomic mass is 35.5. The zero-order valence-corrected chi connectivity index (χ0v) is 25.8. The van der Waals surface area contributed by atoms with Crippen LogP contribution in [-0.2, 0) is 26.2 Å². The summed E-state index contributed by atoms with van der Waals surface area (Å²) in [6.45, 7) is 4.81. The van der Waals surface area contributed by atoms with Crippen LogP contribution in [-0.4, -0.2) is 43.8 Å². The Morgan fingerprint density at radius 3 is 2.00 bits per heavy atom. The second-order valence-corrected chi connectivity index (χ2v) is 13.2. The number of hydrogen-bond donors (Lipinski definition) is 1. The van der Waals surface area contributed by atoms with E-state index in [4.69, 9.17) is 23.2 Å². The maximum Gasteiger partial charge on any atom is 0.264 e. The third kappa shape index (κ3) is 7.42. The van der Waals surface area contributed by atoms with Gasteiger partial charge in [0.15, 0.2) is 0 Å². The Kier molecular flexibility index (Phi) is 10.00. The summed E-state index contributed by atoms with van der Waals surface area (Å²) < 4.78 is 28.9. The molecule has 0 saturated heterocycles. The van der Waals surface area contributed by atoms with Crippen LogP contribution < -0.4 is 9.62 Å². The minimum Gasteiger partial charge on any atom is -0.352 e. The second kappa shape index (κ2) is 13.3. The minimum absolute atomic E-state index is 0.0526. The van der Waals surface area contributed by atoms with Crippen LogP contribution in [0.5, 0.6) is 0 Å². The van der Waals surface area contributed by atoms with Gasteiger partial charge >= 0.3 is 0 Å². The zero-order chi connectivity index (χ0) is 29.7. The summed E-state index contributed by atoms with van der Waals surface area (Å²) in [6.07, 6.45) is 3.86. The van der Waals surface area contributed by atoms with Gasteiger partial charge in [-0.05, 0) is 70.0 Å². The highest BCUT2D eigenvalue weighted by Crippen LogP contribution is 2.29. The van der Waals surface area contributed by atoms with Crippen molar-refractivity contribution in [2.24, 2.45) is 0 Å². The largest absolute Gasteiger partial charge is 0.352 e. The molecule has 10 heteroatoms. The van der Waals surface area contributed by atoms with Gasteiger partial charge in [-0.15, -0.1) is 0 Å². The van der Waals surface area contributed by atoms with Crippen molar-refractivity contribution in [3.8, 4) is 0 Å². The lowest BCUT2D eigenvalue weighted by Crippen LogP contribution is -2.52. The molecule has 3 aromatic rings. The van der Waals surface area contributed by atoms with E-state index in [0.29, 0.717) is 21.3 Å². The van der Waals surface area contributed by atoms with Gasteiger partial charge in [0.2, 0.25) is 11.8 Å². The number of aryl methyl sites for hydroxylation is 2. The van der Waals surface area contributed by atoms with Crippen molar-refractivity contribution >= 4 is 50.7 Å². The molecule has 0 aliphatic heterocycles. The lowest BCUT2D eigenvalue weighted by atomic mass is 10.1. The standard InChI is InChI=1S/C31H35Cl2N3O4S/c1-21-11-15-25(16-12-21)36(41(39,40)26-17-13-22(2)14-18-26)20-30(37)35(19-27-28(32)9-6-10-29(27)33)23(3)31(38)34-24-7-4-5-8-24/h6,9-18,23-24H,4-5,7-8,19-20H2,1-3H3,(H,34,38)/t23-/m1/s1. The number of nitrogens with one attached hydrogen (secondary N) is 1. The molecule has 218 valence electrons. The quantitative estimate of drug-likeness (QED) is 0.291. The van der Waals surface area contributed by atoms with Crippen LogP contribution in [0.3, 0.4) is 0 Å². The molecule has 0 heterocycles. The summed E-state index contributed by atoms with van der Waals surface area (Å²) in [4.78, 5) is 28.8. The fourth-order valence-electron chi connectivity index (χ4n) is 4.91. The van der Waals surface area contributed by atoms with Crippen LogP contribution >= 0.6 is 23.2 Å². The monoisotopic (exact) mass is 615 g/mol. The molecule has 1 aliphatic rings. The number of carbonyl (C=O) groups is 2. The van der Waals surface area contributed by atoms with Crippen LogP contribution in [0.1, 0.15) is 49.3 Å². The first-order valence-corrected chi connectivity index (χ1v) is 15.9. The van der Waals surface area contributed by atoms with E-state index in [1.54, 1.807) is 61.5 Å². The first kappa shape index (κ1) is 30.9. The third-order valence-electron chi connectivity index (χ3n) is 7.47. The van der Waals surface area contributed by atoms with Crippen molar-refractivity contribution in [3.05, 3.63) is 93.5 Å². The van der Waals surface area contributed by atoms with Crippen LogP contribution in [0.4, 0.5) is 5.69 Å². The van der Waals surface area contributed by atoms with Crippen molar-refractivity contribution in [3.63, 3.8) is 0 Å². The molecule has 0 aromatic heterocycles. The second-order valence-electron chi connectivity index (χ2n) is 10.5. The van der Waals surface area contributed by atoms with Gasteiger partial charge in [0.25, 0.3) is 10.0 Å². The molecule has 0 spiro atoms. The maximum atomic E-state index is 14.1. The number of halogens is 2. The Hall–Kier alpha value is -3.07. The number of anilines is 1. The smallest absolute Gasteiger partial charge is 0.264 e. The van der Waals surface area contributed by atoms with Crippen molar-refractivity contribution in [2.75, 3.05) is 10.8 Å². The SMILES string of the molecule is Cc1ccc(N(CC(=O)N(Cc2c(Cl)cccc2Cl)[C@H](C)C(=O)NC2CCCC2)S(=O)(=O)c2ccc(C)cc2)cc1. The van der Waals surface area contributed by atoms with Gasteiger partial charge in [-0.2, -0.15) is 0 Å². The van der Waals surface area contributed by atoms with E-state index in [9.17, 15) is 18.0 Å². The van der Waals surface area contributed by atoms with E-state index < -0.39 is 28.5 Å². The summed E-state index contributed by atoms with van der Waals surface area (Å²) >= 11 is 12.9. The number of carbonyl (C=O) groups excluding carboxylic acids is 2. The molecule has 2 amide bonds. The van der Waals surface area contributed by atoms with Gasteiger partial charge in [-0.1, -0.05) is 77.5 Å². The summed E-state index contributed by atoms with van der Waals surface area (Å²) in [5.41, 5.74) is 2.67. The van der Waals surface area contributed by atoms with E-state index >= 15 is 0 Å². The maximum absolute atomic E-state index is 14.1. The molecular weight excluding hydrogens is 581 g/mol. The Bertz CT molecular complexity index is 1470. The fourth-order valence-corrected chi connectivity index (χ4v) is 6.84. The molecule has 41 heavy (non-hydrogen) atoms. The Morgan fingerprint density at radius 1 is 0.902 bits per heavy atom. The van der Waals surface area contributed by atoms with Crippen LogP contribution in [0, 0.1) is 13.8 Å². The molecule has 0 bridgehead atoms. The molecule has 0 radical (unpaired) electrons. The normalized spacial score (nSPS) is 14.5. The van der Waals surface area contributed by atoms with Gasteiger partial charge < -0.3 is 10.2 Å². The highest BCUT2D eigenvalue weighted by molar-refractivity contribution is 7.92. The summed E-state index contributed by atoms with van der Waals surface area (Å²) in [5, 5.41) is 3.75. The number of nitrogens with zero attached hydrogens (tertiary/aromatic N) is 2. The molecule has 0 unspecified atom stereocenters. The topological polar surface area (TPSA) is 86.8 Å². The Morgan fingerprint density at radius 2 is 1.44 bits per heavy atom. The summed E-state index contributed by atoms with van der Waals surface area (Å²) in [7, 11) is -4.13. The minimum atomic E-state index is -4.13. The predicted octanol–water partition coefficient (Wildman–Crippen LogP) is 6.28. The van der Waals surface area contributed by atoms with Crippen molar-refractivity contribution < 1.29 is 18.0 Å². The van der Waals surface area contributed by atoms with Gasteiger partial charge in [0, 0.05) is 28.2 Å². The van der Waals surface area contributed by atoms with Crippen LogP contribution in [0.15, 0.2) is 71.6 Å². The van der Waals surface area contributed by atoms with E-state index in [1.807, 2.05) is 13.8 Å². The van der Waals surface area contributed by atoms with Gasteiger partial charge in [-0.25, -0.2) is 8.42 Å². The van der Waals surface area contributed by atoms with E-state index in [0.717, 1.165) is 41.1 Å². The van der Waals surface area contributed by atoms with Crippen molar-refractivity contribution in [2.45, 2.75) is 70.0 Å². The summed E-state index contributed by atoms with van der Waals surface area (Å²) in [5.74, 6) is -0.872. The van der Waals surface area contributed by atoms with Crippen molar-refractivity contribution in [1.29, 1.82) is 0 Å². The molecule has 1 saturated carbocycles. The number of amides is 2. The molecule has 3 aromatic carbocycles. The number of benzene rings is 3. The lowest BCUT2D eigenvalue weighted by Gasteiger charge is -2.33. The van der Waals surface area contributed by atoms with Gasteiger partial charge in [-0.3, -0.25) is 13.9 Å². The highest BCUT2D eigenvalue weighted by Gasteiger charge is 2.34. The average molecular weight is 617 g/mol. The van der Waals surface area contributed by atoms with Crippen molar-refractivity contribution in [1.82, 2.24) is 10.2 Å². The van der Waals surface area contributed by atoms with E-state index in [1.165, 1.54) is 17.0 Å². The van der Waals surface area contributed by atoms with Gasteiger partial charge in [0.05, 0.1) is 10.6 Å². The Balaban J connectivity index is 1.71. The van der Waals surface area contributed by atoms with E-state index in [2.05, 4.69) is 5.32 Å². The average Bonchev–Trinajstić information content (AvgIpc) is 3.45.